The van der Waals surface area contributed by atoms with E-state index in [1.54, 1.807) is 18.3 Å². The van der Waals surface area contributed by atoms with Crippen LogP contribution in [-0.2, 0) is 6.54 Å². The molecule has 1 aromatic carbocycles. The van der Waals surface area contributed by atoms with Crippen molar-refractivity contribution in [2.75, 3.05) is 18.5 Å². The van der Waals surface area contributed by atoms with Crippen molar-refractivity contribution in [1.29, 1.82) is 0 Å². The number of aromatic nitrogens is 1. The summed E-state index contributed by atoms with van der Waals surface area (Å²) < 4.78 is 0.881. The number of H-pyrrole nitrogens is 1. The zero-order chi connectivity index (χ0) is 16.8. The number of aromatic amines is 1. The van der Waals surface area contributed by atoms with Gasteiger partial charge in [0.25, 0.3) is 11.5 Å². The molecular formula is C16H18BrN3O3. The van der Waals surface area contributed by atoms with Gasteiger partial charge < -0.3 is 20.7 Å². The minimum atomic E-state index is -0.462. The largest absolute Gasteiger partial charge is 0.395 e. The van der Waals surface area contributed by atoms with E-state index in [2.05, 4.69) is 31.5 Å². The maximum absolute atomic E-state index is 12.4. The molecule has 1 aromatic heterocycles. The topological polar surface area (TPSA) is 94.2 Å². The number of benzene rings is 1. The van der Waals surface area contributed by atoms with Crippen LogP contribution in [0.5, 0.6) is 0 Å². The first-order valence-corrected chi connectivity index (χ1v) is 7.92. The molecule has 1 heterocycles. The summed E-state index contributed by atoms with van der Waals surface area (Å²) >= 11 is 3.41. The van der Waals surface area contributed by atoms with Crippen LogP contribution in [0.2, 0.25) is 0 Å². The third-order valence-corrected chi connectivity index (χ3v) is 4.20. The highest BCUT2D eigenvalue weighted by molar-refractivity contribution is 9.10. The molecule has 0 saturated heterocycles. The number of hydrogen-bond acceptors (Lipinski definition) is 4. The second-order valence-electron chi connectivity index (χ2n) is 5.02. The average molecular weight is 380 g/mol. The molecule has 23 heavy (non-hydrogen) atoms. The molecule has 0 aliphatic carbocycles. The van der Waals surface area contributed by atoms with Gasteiger partial charge in [-0.05, 0) is 36.2 Å². The zero-order valence-electron chi connectivity index (χ0n) is 12.6. The minimum absolute atomic E-state index is 0.0266. The molecule has 122 valence electrons. The summed E-state index contributed by atoms with van der Waals surface area (Å²) in [6, 6.07) is 7.02. The van der Waals surface area contributed by atoms with Crippen molar-refractivity contribution in [3.8, 4) is 0 Å². The van der Waals surface area contributed by atoms with E-state index in [0.29, 0.717) is 18.8 Å². The smallest absolute Gasteiger partial charge is 0.261 e. The lowest BCUT2D eigenvalue weighted by atomic mass is 10.1. The van der Waals surface area contributed by atoms with Crippen LogP contribution < -0.4 is 16.2 Å². The number of rotatable bonds is 6. The summed E-state index contributed by atoms with van der Waals surface area (Å²) in [7, 11) is 0. The average Bonchev–Trinajstić information content (AvgIpc) is 2.53. The Morgan fingerprint density at radius 2 is 2.17 bits per heavy atom. The van der Waals surface area contributed by atoms with E-state index in [0.717, 1.165) is 15.6 Å². The van der Waals surface area contributed by atoms with Crippen LogP contribution in [0, 0.1) is 6.92 Å². The quantitative estimate of drug-likeness (QED) is 0.575. The number of pyridine rings is 1. The van der Waals surface area contributed by atoms with Gasteiger partial charge in [-0.2, -0.15) is 0 Å². The molecule has 7 heteroatoms. The van der Waals surface area contributed by atoms with E-state index in [9.17, 15) is 9.59 Å². The first kappa shape index (κ1) is 17.4. The van der Waals surface area contributed by atoms with Crippen LogP contribution >= 0.6 is 15.9 Å². The molecule has 0 aliphatic heterocycles. The first-order valence-electron chi connectivity index (χ1n) is 7.12. The third kappa shape index (κ3) is 4.51. The molecule has 0 aliphatic rings. The standard InChI is InChI=1S/C16H18BrN3O3/c1-10-13(17)3-2-4-14(10)20-16(23)12-7-11(8-18-5-6-21)9-19-15(12)22/h2-4,7,9,18,21H,5-6,8H2,1H3,(H,19,22)(H,20,23). The maximum atomic E-state index is 12.4. The lowest BCUT2D eigenvalue weighted by molar-refractivity contribution is 0.102. The maximum Gasteiger partial charge on any atom is 0.261 e. The summed E-state index contributed by atoms with van der Waals surface area (Å²) in [6.07, 6.45) is 1.55. The van der Waals surface area contributed by atoms with Gasteiger partial charge in [-0.1, -0.05) is 22.0 Å². The molecule has 0 radical (unpaired) electrons. The van der Waals surface area contributed by atoms with Gasteiger partial charge in [0.05, 0.1) is 6.61 Å². The number of hydrogen-bond donors (Lipinski definition) is 4. The molecule has 2 rings (SSSR count). The number of carbonyl (C=O) groups excluding carboxylic acids is 1. The lowest BCUT2D eigenvalue weighted by Gasteiger charge is -2.10. The van der Waals surface area contributed by atoms with Crippen LogP contribution in [0.25, 0.3) is 0 Å². The van der Waals surface area contributed by atoms with Crippen molar-refractivity contribution in [2.24, 2.45) is 0 Å². The Kier molecular flexibility index (Phi) is 6.09. The number of amides is 1. The Bertz CT molecular complexity index is 758. The minimum Gasteiger partial charge on any atom is -0.395 e. The molecular weight excluding hydrogens is 362 g/mol. The van der Waals surface area contributed by atoms with Gasteiger partial charge in [0.2, 0.25) is 0 Å². The van der Waals surface area contributed by atoms with Crippen molar-refractivity contribution in [3.63, 3.8) is 0 Å². The van der Waals surface area contributed by atoms with Gasteiger partial charge in [-0.25, -0.2) is 0 Å². The predicted molar refractivity (Wildman–Crippen MR) is 92.7 cm³/mol. The Balaban J connectivity index is 2.19. The highest BCUT2D eigenvalue weighted by Gasteiger charge is 2.13. The molecule has 2 aromatic rings. The number of aliphatic hydroxyl groups is 1. The molecule has 1 amide bonds. The Morgan fingerprint density at radius 3 is 2.91 bits per heavy atom. The van der Waals surface area contributed by atoms with Crippen molar-refractivity contribution in [2.45, 2.75) is 13.5 Å². The highest BCUT2D eigenvalue weighted by atomic mass is 79.9. The third-order valence-electron chi connectivity index (χ3n) is 3.34. The Labute approximate surface area is 142 Å². The zero-order valence-corrected chi connectivity index (χ0v) is 14.2. The van der Waals surface area contributed by atoms with E-state index >= 15 is 0 Å². The molecule has 0 saturated carbocycles. The monoisotopic (exact) mass is 379 g/mol. The van der Waals surface area contributed by atoms with Gasteiger partial charge in [-0.15, -0.1) is 0 Å². The van der Waals surface area contributed by atoms with Crippen LogP contribution in [0.3, 0.4) is 0 Å². The van der Waals surface area contributed by atoms with Crippen molar-refractivity contribution < 1.29 is 9.90 Å². The summed E-state index contributed by atoms with van der Waals surface area (Å²) in [5, 5.41) is 14.5. The van der Waals surface area contributed by atoms with Gasteiger partial charge in [0.15, 0.2) is 0 Å². The second-order valence-corrected chi connectivity index (χ2v) is 5.87. The Hall–Kier alpha value is -1.96. The fraction of sp³-hybridized carbons (Fsp3) is 0.250. The number of carbonyl (C=O) groups is 1. The first-order chi connectivity index (χ1) is 11.0. The van der Waals surface area contributed by atoms with E-state index in [4.69, 9.17) is 5.11 Å². The van der Waals surface area contributed by atoms with Crippen LogP contribution in [0.15, 0.2) is 39.7 Å². The lowest BCUT2D eigenvalue weighted by Crippen LogP contribution is -2.25. The van der Waals surface area contributed by atoms with Crippen molar-refractivity contribution in [1.82, 2.24) is 10.3 Å². The molecule has 6 nitrogen and oxygen atoms in total. The summed E-state index contributed by atoms with van der Waals surface area (Å²) in [6.45, 7) is 2.80. The van der Waals surface area contributed by atoms with Gasteiger partial charge >= 0.3 is 0 Å². The van der Waals surface area contributed by atoms with Crippen LogP contribution in [0.1, 0.15) is 21.5 Å². The molecule has 0 atom stereocenters. The predicted octanol–water partition coefficient (Wildman–Crippen LogP) is 1.78. The summed E-state index contributed by atoms with van der Waals surface area (Å²) in [4.78, 5) is 26.8. The van der Waals surface area contributed by atoms with E-state index < -0.39 is 11.5 Å². The molecule has 0 unspecified atom stereocenters. The Morgan fingerprint density at radius 1 is 1.39 bits per heavy atom. The number of nitrogens with one attached hydrogen (secondary N) is 3. The van der Waals surface area contributed by atoms with E-state index in [1.165, 1.54) is 0 Å². The van der Waals surface area contributed by atoms with Gasteiger partial charge in [-0.3, -0.25) is 9.59 Å². The number of aliphatic hydroxyl groups excluding tert-OH is 1. The van der Waals surface area contributed by atoms with Gasteiger partial charge in [0.1, 0.15) is 5.56 Å². The fourth-order valence-corrected chi connectivity index (χ4v) is 2.41. The van der Waals surface area contributed by atoms with E-state index in [-0.39, 0.29) is 12.2 Å². The number of halogens is 1. The highest BCUT2D eigenvalue weighted by Crippen LogP contribution is 2.23. The normalized spacial score (nSPS) is 10.6. The molecule has 0 spiro atoms. The fourth-order valence-electron chi connectivity index (χ4n) is 2.04. The van der Waals surface area contributed by atoms with Crippen molar-refractivity contribution >= 4 is 27.5 Å². The van der Waals surface area contributed by atoms with Gasteiger partial charge in [0, 0.05) is 29.4 Å². The summed E-state index contributed by atoms with van der Waals surface area (Å²) in [5.74, 6) is -0.462. The van der Waals surface area contributed by atoms with Crippen LogP contribution in [-0.4, -0.2) is 29.1 Å². The number of anilines is 1. The SMILES string of the molecule is Cc1c(Br)cccc1NC(=O)c1cc(CNCCO)c[nH]c1=O. The van der Waals surface area contributed by atoms with Crippen molar-refractivity contribution in [3.05, 3.63) is 62.0 Å². The molecule has 0 fully saturated rings. The van der Waals surface area contributed by atoms with E-state index in [1.807, 2.05) is 19.1 Å². The summed E-state index contributed by atoms with van der Waals surface area (Å²) in [5.41, 5.74) is 1.90. The van der Waals surface area contributed by atoms with Crippen LogP contribution in [0.4, 0.5) is 5.69 Å². The molecule has 4 N–H and O–H groups in total. The molecule has 0 bridgehead atoms. The second kappa shape index (κ2) is 8.05.